The molecule has 2 aliphatic heterocycles. The second kappa shape index (κ2) is 6.75. The van der Waals surface area contributed by atoms with Gasteiger partial charge in [-0.1, -0.05) is 12.1 Å². The molecule has 0 bridgehead atoms. The minimum absolute atomic E-state index is 0.0543. The van der Waals surface area contributed by atoms with Gasteiger partial charge in [0.25, 0.3) is 0 Å². The highest BCUT2D eigenvalue weighted by Gasteiger charge is 2.40. The lowest BCUT2D eigenvalue weighted by molar-refractivity contribution is -0.132. The van der Waals surface area contributed by atoms with E-state index in [1.807, 2.05) is 0 Å². The van der Waals surface area contributed by atoms with Gasteiger partial charge in [-0.05, 0) is 37.0 Å². The summed E-state index contributed by atoms with van der Waals surface area (Å²) in [6, 6.07) is 6.06. The molecule has 1 aromatic heterocycles. The molecule has 4 rings (SSSR count). The fraction of sp³-hybridized carbons (Fsp3) is 0.474. The van der Waals surface area contributed by atoms with E-state index >= 15 is 0 Å². The predicted molar refractivity (Wildman–Crippen MR) is 96.0 cm³/mol. The van der Waals surface area contributed by atoms with Gasteiger partial charge in [0, 0.05) is 32.1 Å². The van der Waals surface area contributed by atoms with Crippen LogP contribution in [0.5, 0.6) is 0 Å². The van der Waals surface area contributed by atoms with Crippen molar-refractivity contribution in [2.45, 2.75) is 38.8 Å². The number of benzene rings is 1. The first-order valence-electron chi connectivity index (χ1n) is 9.22. The summed E-state index contributed by atoms with van der Waals surface area (Å²) in [5.74, 6) is 0.319. The minimum Gasteiger partial charge on any atom is -0.342 e. The number of amides is 1. The van der Waals surface area contributed by atoms with Crippen LogP contribution in [0, 0.1) is 11.7 Å². The molecule has 2 aromatic rings. The Bertz CT molecular complexity index is 1010. The van der Waals surface area contributed by atoms with E-state index in [0.29, 0.717) is 37.6 Å². The lowest BCUT2D eigenvalue weighted by atomic mass is 9.87. The monoisotopic (exact) mass is 372 g/mol. The fourth-order valence-corrected chi connectivity index (χ4v) is 4.12. The summed E-state index contributed by atoms with van der Waals surface area (Å²) in [6.45, 7) is 3.65. The van der Waals surface area contributed by atoms with Crippen molar-refractivity contribution in [3.05, 3.63) is 62.2 Å². The molecule has 8 heteroatoms. The summed E-state index contributed by atoms with van der Waals surface area (Å²) >= 11 is 0. The van der Waals surface area contributed by atoms with E-state index in [0.717, 1.165) is 6.42 Å². The molecule has 1 saturated heterocycles. The molecule has 0 N–H and O–H groups in total. The van der Waals surface area contributed by atoms with Crippen LogP contribution in [0.25, 0.3) is 0 Å². The van der Waals surface area contributed by atoms with Crippen molar-refractivity contribution in [2.24, 2.45) is 5.92 Å². The highest BCUT2D eigenvalue weighted by atomic mass is 19.1. The Hall–Kier alpha value is -2.77. The highest BCUT2D eigenvalue weighted by molar-refractivity contribution is 5.79. The van der Waals surface area contributed by atoms with Crippen LogP contribution in [-0.4, -0.2) is 38.2 Å². The second-order valence-electron chi connectivity index (χ2n) is 7.20. The zero-order valence-corrected chi connectivity index (χ0v) is 15.1. The Morgan fingerprint density at radius 3 is 2.81 bits per heavy atom. The van der Waals surface area contributed by atoms with Gasteiger partial charge >= 0.3 is 11.1 Å². The Morgan fingerprint density at radius 1 is 1.26 bits per heavy atom. The van der Waals surface area contributed by atoms with Crippen LogP contribution in [0.1, 0.15) is 30.7 Å². The van der Waals surface area contributed by atoms with Crippen molar-refractivity contribution in [1.82, 2.24) is 19.2 Å². The molecule has 2 aliphatic rings. The number of halogens is 1. The van der Waals surface area contributed by atoms with Crippen LogP contribution in [0.2, 0.25) is 0 Å². The van der Waals surface area contributed by atoms with Gasteiger partial charge in [-0.25, -0.2) is 9.07 Å². The van der Waals surface area contributed by atoms with E-state index in [2.05, 4.69) is 5.10 Å². The predicted octanol–water partition coefficient (Wildman–Crippen LogP) is 0.752. The maximum Gasteiger partial charge on any atom is 0.332 e. The Labute approximate surface area is 155 Å². The number of carbonyl (C=O) groups excluding carboxylic acids is 1. The normalized spacial score (nSPS) is 21.0. The van der Waals surface area contributed by atoms with Crippen LogP contribution in [0.4, 0.5) is 4.39 Å². The van der Waals surface area contributed by atoms with Crippen LogP contribution in [0.3, 0.4) is 0 Å². The molecule has 1 aromatic carbocycles. The van der Waals surface area contributed by atoms with Crippen molar-refractivity contribution in [2.75, 3.05) is 13.1 Å². The minimum atomic E-state index is -0.598. The van der Waals surface area contributed by atoms with E-state index in [4.69, 9.17) is 0 Å². The summed E-state index contributed by atoms with van der Waals surface area (Å²) in [5, 5.41) is 4.39. The summed E-state index contributed by atoms with van der Waals surface area (Å²) in [5.41, 5.74) is -0.490. The number of piperidine rings is 1. The molecule has 0 spiro atoms. The first kappa shape index (κ1) is 17.6. The molecule has 1 amide bonds. The van der Waals surface area contributed by atoms with Crippen molar-refractivity contribution in [3.8, 4) is 0 Å². The molecule has 7 nitrogen and oxygen atoms in total. The molecule has 27 heavy (non-hydrogen) atoms. The van der Waals surface area contributed by atoms with Crippen molar-refractivity contribution < 1.29 is 9.18 Å². The van der Waals surface area contributed by atoms with E-state index in [-0.39, 0.29) is 30.0 Å². The number of hydrogen-bond acceptors (Lipinski definition) is 4. The molecule has 0 aliphatic carbocycles. The average Bonchev–Trinajstić information content (AvgIpc) is 3.02. The standard InChI is InChI=1S/C19H21FN4O3/c1-2-24-19(27)18(26)23-10-13-6-7-22(11-15(13)17(23)21-24)16(25)9-12-4-3-5-14(20)8-12/h3-5,8,13,15H,2,6-7,9-11H2,1H3/t13-,15+/m0/s1. The zero-order valence-electron chi connectivity index (χ0n) is 15.1. The molecular formula is C19H21FN4O3. The van der Waals surface area contributed by atoms with Crippen molar-refractivity contribution >= 4 is 5.91 Å². The third kappa shape index (κ3) is 3.09. The lowest BCUT2D eigenvalue weighted by Gasteiger charge is -2.34. The topological polar surface area (TPSA) is 77.2 Å². The maximum absolute atomic E-state index is 13.3. The lowest BCUT2D eigenvalue weighted by Crippen LogP contribution is -2.44. The number of rotatable bonds is 3. The van der Waals surface area contributed by atoms with Gasteiger partial charge in [-0.2, -0.15) is 5.10 Å². The highest BCUT2D eigenvalue weighted by Crippen LogP contribution is 2.37. The van der Waals surface area contributed by atoms with E-state index in [9.17, 15) is 18.8 Å². The van der Waals surface area contributed by atoms with Gasteiger partial charge in [-0.15, -0.1) is 0 Å². The van der Waals surface area contributed by atoms with Crippen LogP contribution >= 0.6 is 0 Å². The first-order chi connectivity index (χ1) is 13.0. The molecule has 3 heterocycles. The Balaban J connectivity index is 1.57. The zero-order chi connectivity index (χ0) is 19.1. The number of likely N-dealkylation sites (tertiary alicyclic amines) is 1. The third-order valence-corrected chi connectivity index (χ3v) is 5.56. The van der Waals surface area contributed by atoms with E-state index in [1.54, 1.807) is 24.0 Å². The average molecular weight is 372 g/mol. The number of nitrogens with zero attached hydrogens (tertiary/aromatic N) is 4. The number of aromatic nitrogens is 3. The van der Waals surface area contributed by atoms with Crippen molar-refractivity contribution in [1.29, 1.82) is 0 Å². The molecule has 1 fully saturated rings. The SMILES string of the molecule is CCn1nc2n(c(=O)c1=O)C[C@@H]1CCN(C(=O)Cc3cccc(F)c3)C[C@@H]21. The smallest absolute Gasteiger partial charge is 0.332 e. The van der Waals surface area contributed by atoms with Crippen molar-refractivity contribution in [3.63, 3.8) is 0 Å². The van der Waals surface area contributed by atoms with Gasteiger partial charge in [0.05, 0.1) is 6.42 Å². The van der Waals surface area contributed by atoms with Crippen LogP contribution in [-0.2, 0) is 24.3 Å². The summed E-state index contributed by atoms with van der Waals surface area (Å²) in [6.07, 6.45) is 0.895. The molecule has 142 valence electrons. The molecule has 0 unspecified atom stereocenters. The van der Waals surface area contributed by atoms with Crippen LogP contribution < -0.4 is 11.1 Å². The summed E-state index contributed by atoms with van der Waals surface area (Å²) in [7, 11) is 0. The molecular weight excluding hydrogens is 351 g/mol. The molecule has 0 saturated carbocycles. The molecule has 2 atom stereocenters. The molecule has 0 radical (unpaired) electrons. The maximum atomic E-state index is 13.3. The Kier molecular flexibility index (Phi) is 4.41. The largest absolute Gasteiger partial charge is 0.342 e. The second-order valence-corrected chi connectivity index (χ2v) is 7.20. The van der Waals surface area contributed by atoms with E-state index < -0.39 is 11.1 Å². The van der Waals surface area contributed by atoms with Gasteiger partial charge < -0.3 is 4.90 Å². The summed E-state index contributed by atoms with van der Waals surface area (Å²) in [4.78, 5) is 38.8. The number of hydrogen-bond donors (Lipinski definition) is 0. The first-order valence-corrected chi connectivity index (χ1v) is 9.22. The van der Waals surface area contributed by atoms with Gasteiger partial charge in [-0.3, -0.25) is 19.0 Å². The van der Waals surface area contributed by atoms with E-state index in [1.165, 1.54) is 21.4 Å². The third-order valence-electron chi connectivity index (χ3n) is 5.56. The quantitative estimate of drug-likeness (QED) is 0.745. The van der Waals surface area contributed by atoms with Crippen LogP contribution in [0.15, 0.2) is 33.9 Å². The van der Waals surface area contributed by atoms with Gasteiger partial charge in [0.1, 0.15) is 11.6 Å². The Morgan fingerprint density at radius 2 is 2.07 bits per heavy atom. The number of carbonyl (C=O) groups is 1. The van der Waals surface area contributed by atoms with Gasteiger partial charge in [0.2, 0.25) is 5.91 Å². The number of aryl methyl sites for hydroxylation is 1. The summed E-state index contributed by atoms with van der Waals surface area (Å²) < 4.78 is 16.0. The fourth-order valence-electron chi connectivity index (χ4n) is 4.12. The number of fused-ring (bicyclic) bond motifs is 3. The van der Waals surface area contributed by atoms with Gasteiger partial charge in [0.15, 0.2) is 0 Å².